The summed E-state index contributed by atoms with van der Waals surface area (Å²) in [4.78, 5) is 0. The van der Waals surface area contributed by atoms with Gasteiger partial charge in [0, 0.05) is 5.02 Å². The maximum Gasteiger partial charge on any atom is 0.0790 e. The molecule has 0 radical (unpaired) electrons. The van der Waals surface area contributed by atoms with Gasteiger partial charge in [0.15, 0.2) is 0 Å². The van der Waals surface area contributed by atoms with E-state index in [9.17, 15) is 5.11 Å². The molecule has 2 aromatic rings. The molecule has 2 rings (SSSR count). The molecule has 1 N–H and O–H groups in total. The van der Waals surface area contributed by atoms with Gasteiger partial charge in [-0.05, 0) is 42.5 Å². The lowest BCUT2D eigenvalue weighted by Gasteiger charge is -2.10. The van der Waals surface area contributed by atoms with Crippen LogP contribution in [-0.2, 0) is 6.42 Å². The first-order chi connectivity index (χ1) is 8.75. The maximum absolute atomic E-state index is 10.0. The quantitative estimate of drug-likeness (QED) is 0.845. The molecule has 1 nitrogen and oxygen atoms in total. The van der Waals surface area contributed by atoms with Gasteiger partial charge < -0.3 is 5.11 Å². The Labute approximate surface area is 113 Å². The molecule has 2 heteroatoms. The van der Waals surface area contributed by atoms with E-state index in [2.05, 4.69) is 12.1 Å². The minimum Gasteiger partial charge on any atom is -0.388 e. The van der Waals surface area contributed by atoms with Gasteiger partial charge in [-0.25, -0.2) is 0 Å². The molecule has 0 aromatic heterocycles. The van der Waals surface area contributed by atoms with Crippen LogP contribution in [0.1, 0.15) is 30.1 Å². The molecule has 2 aromatic carbocycles. The van der Waals surface area contributed by atoms with Crippen LogP contribution in [0.3, 0.4) is 0 Å². The Morgan fingerprint density at radius 3 is 2.28 bits per heavy atom. The molecule has 0 saturated carbocycles. The summed E-state index contributed by atoms with van der Waals surface area (Å²) in [5, 5.41) is 10.8. The van der Waals surface area contributed by atoms with Crippen LogP contribution in [0.5, 0.6) is 0 Å². The van der Waals surface area contributed by atoms with Crippen molar-refractivity contribution in [3.63, 3.8) is 0 Å². The Balaban J connectivity index is 1.81. The third kappa shape index (κ3) is 3.86. The van der Waals surface area contributed by atoms with E-state index in [0.29, 0.717) is 5.02 Å². The topological polar surface area (TPSA) is 20.2 Å². The van der Waals surface area contributed by atoms with Gasteiger partial charge in [0.1, 0.15) is 0 Å². The van der Waals surface area contributed by atoms with Crippen LogP contribution in [0.25, 0.3) is 0 Å². The fourth-order valence-electron chi connectivity index (χ4n) is 2.00. The largest absolute Gasteiger partial charge is 0.388 e. The molecule has 1 unspecified atom stereocenters. The SMILES string of the molecule is OC(CCCc1ccccc1)c1ccc(Cl)cc1. The van der Waals surface area contributed by atoms with Crippen LogP contribution >= 0.6 is 11.6 Å². The Morgan fingerprint density at radius 1 is 0.944 bits per heavy atom. The van der Waals surface area contributed by atoms with Crippen molar-refractivity contribution in [3.8, 4) is 0 Å². The standard InChI is InChI=1S/C16H17ClO/c17-15-11-9-14(10-12-15)16(18)8-4-7-13-5-2-1-3-6-13/h1-3,5-6,9-12,16,18H,4,7-8H2. The van der Waals surface area contributed by atoms with Gasteiger partial charge in [0.25, 0.3) is 0 Å². The Bertz CT molecular complexity index is 464. The zero-order chi connectivity index (χ0) is 12.8. The lowest BCUT2D eigenvalue weighted by molar-refractivity contribution is 0.164. The molecule has 0 bridgehead atoms. The molecular weight excluding hydrogens is 244 g/mol. The highest BCUT2D eigenvalue weighted by atomic mass is 35.5. The third-order valence-corrected chi connectivity index (χ3v) is 3.29. The van der Waals surface area contributed by atoms with Gasteiger partial charge in [-0.1, -0.05) is 54.1 Å². The molecule has 0 aliphatic rings. The molecule has 18 heavy (non-hydrogen) atoms. The van der Waals surface area contributed by atoms with E-state index < -0.39 is 6.10 Å². The highest BCUT2D eigenvalue weighted by Crippen LogP contribution is 2.21. The summed E-state index contributed by atoms with van der Waals surface area (Å²) in [5.41, 5.74) is 2.26. The van der Waals surface area contributed by atoms with E-state index in [0.717, 1.165) is 24.8 Å². The van der Waals surface area contributed by atoms with Crippen LogP contribution in [0.2, 0.25) is 5.02 Å². The highest BCUT2D eigenvalue weighted by molar-refractivity contribution is 6.30. The van der Waals surface area contributed by atoms with Crippen molar-refractivity contribution in [2.75, 3.05) is 0 Å². The van der Waals surface area contributed by atoms with E-state index in [-0.39, 0.29) is 0 Å². The Hall–Kier alpha value is -1.31. The van der Waals surface area contributed by atoms with Gasteiger partial charge in [0.05, 0.1) is 6.10 Å². The van der Waals surface area contributed by atoms with Gasteiger partial charge in [0.2, 0.25) is 0 Å². The molecule has 0 spiro atoms. The summed E-state index contributed by atoms with van der Waals surface area (Å²) >= 11 is 5.82. The lowest BCUT2D eigenvalue weighted by Crippen LogP contribution is -1.98. The number of hydrogen-bond acceptors (Lipinski definition) is 1. The first-order valence-electron chi connectivity index (χ1n) is 6.23. The first-order valence-corrected chi connectivity index (χ1v) is 6.61. The summed E-state index contributed by atoms with van der Waals surface area (Å²) in [5.74, 6) is 0. The molecule has 0 saturated heterocycles. The summed E-state index contributed by atoms with van der Waals surface area (Å²) in [6, 6.07) is 17.8. The number of aryl methyl sites for hydroxylation is 1. The van der Waals surface area contributed by atoms with Crippen molar-refractivity contribution in [2.45, 2.75) is 25.4 Å². The average molecular weight is 261 g/mol. The number of benzene rings is 2. The van der Waals surface area contributed by atoms with Crippen LogP contribution in [0.4, 0.5) is 0 Å². The van der Waals surface area contributed by atoms with Crippen molar-refractivity contribution < 1.29 is 5.11 Å². The number of aliphatic hydroxyl groups is 1. The molecule has 0 fully saturated rings. The summed E-state index contributed by atoms with van der Waals surface area (Å²) in [6.45, 7) is 0. The normalized spacial score (nSPS) is 12.3. The second-order valence-electron chi connectivity index (χ2n) is 4.45. The van der Waals surface area contributed by atoms with Crippen molar-refractivity contribution in [1.29, 1.82) is 0 Å². The predicted octanol–water partition coefficient (Wildman–Crippen LogP) is 4.40. The van der Waals surface area contributed by atoms with E-state index in [1.54, 1.807) is 0 Å². The van der Waals surface area contributed by atoms with E-state index >= 15 is 0 Å². The molecule has 94 valence electrons. The maximum atomic E-state index is 10.0. The number of aliphatic hydroxyl groups excluding tert-OH is 1. The molecule has 0 aliphatic heterocycles. The van der Waals surface area contributed by atoms with E-state index in [4.69, 9.17) is 11.6 Å². The molecule has 0 amide bonds. The number of hydrogen-bond donors (Lipinski definition) is 1. The average Bonchev–Trinajstić information content (AvgIpc) is 2.40. The van der Waals surface area contributed by atoms with Gasteiger partial charge in [-0.3, -0.25) is 0 Å². The monoisotopic (exact) mass is 260 g/mol. The van der Waals surface area contributed by atoms with Crippen LogP contribution in [0.15, 0.2) is 54.6 Å². The molecule has 0 heterocycles. The van der Waals surface area contributed by atoms with Crippen molar-refractivity contribution >= 4 is 11.6 Å². The first kappa shape index (κ1) is 13.1. The van der Waals surface area contributed by atoms with Crippen LogP contribution < -0.4 is 0 Å². The number of halogens is 1. The lowest BCUT2D eigenvalue weighted by atomic mass is 10.0. The summed E-state index contributed by atoms with van der Waals surface area (Å²) < 4.78 is 0. The number of rotatable bonds is 5. The Kier molecular flexibility index (Phi) is 4.80. The van der Waals surface area contributed by atoms with Crippen LogP contribution in [0, 0.1) is 0 Å². The van der Waals surface area contributed by atoms with Gasteiger partial charge in [-0.2, -0.15) is 0 Å². The van der Waals surface area contributed by atoms with Crippen LogP contribution in [-0.4, -0.2) is 5.11 Å². The molecule has 1 atom stereocenters. The minimum atomic E-state index is -0.397. The van der Waals surface area contributed by atoms with E-state index in [1.165, 1.54) is 5.56 Å². The molecule has 0 aliphatic carbocycles. The van der Waals surface area contributed by atoms with Crippen molar-refractivity contribution in [1.82, 2.24) is 0 Å². The third-order valence-electron chi connectivity index (χ3n) is 3.04. The zero-order valence-corrected chi connectivity index (χ0v) is 11.0. The fraction of sp³-hybridized carbons (Fsp3) is 0.250. The second kappa shape index (κ2) is 6.58. The highest BCUT2D eigenvalue weighted by Gasteiger charge is 2.06. The smallest absolute Gasteiger partial charge is 0.0790 e. The van der Waals surface area contributed by atoms with Crippen molar-refractivity contribution in [3.05, 3.63) is 70.7 Å². The summed E-state index contributed by atoms with van der Waals surface area (Å²) in [7, 11) is 0. The Morgan fingerprint density at radius 2 is 1.61 bits per heavy atom. The second-order valence-corrected chi connectivity index (χ2v) is 4.88. The molecular formula is C16H17ClO. The summed E-state index contributed by atoms with van der Waals surface area (Å²) in [6.07, 6.45) is 2.36. The predicted molar refractivity (Wildman–Crippen MR) is 75.8 cm³/mol. The van der Waals surface area contributed by atoms with Crippen molar-refractivity contribution in [2.24, 2.45) is 0 Å². The minimum absolute atomic E-state index is 0.397. The van der Waals surface area contributed by atoms with E-state index in [1.807, 2.05) is 42.5 Å². The van der Waals surface area contributed by atoms with Gasteiger partial charge in [-0.15, -0.1) is 0 Å². The zero-order valence-electron chi connectivity index (χ0n) is 10.2. The van der Waals surface area contributed by atoms with Gasteiger partial charge >= 0.3 is 0 Å². The fourth-order valence-corrected chi connectivity index (χ4v) is 2.12.